The van der Waals surface area contributed by atoms with Crippen molar-refractivity contribution < 1.29 is 21.5 Å². The third-order valence-corrected chi connectivity index (χ3v) is 4.46. The molecule has 0 spiro atoms. The summed E-state index contributed by atoms with van der Waals surface area (Å²) in [6, 6.07) is 3.67. The maximum atomic E-state index is 12.7. The van der Waals surface area contributed by atoms with Gasteiger partial charge in [0.15, 0.2) is 0 Å². The molecule has 2 atom stereocenters. The molecule has 1 fully saturated rings. The SMILES string of the molecule is CC(CCc1ccco1)N1CC(CS(=O)(=O)F)CC1=O. The van der Waals surface area contributed by atoms with Crippen LogP contribution in [0.2, 0.25) is 0 Å². The van der Waals surface area contributed by atoms with Gasteiger partial charge in [0.2, 0.25) is 5.91 Å². The van der Waals surface area contributed by atoms with Crippen molar-refractivity contribution >= 4 is 16.1 Å². The summed E-state index contributed by atoms with van der Waals surface area (Å²) >= 11 is 0. The molecule has 1 saturated heterocycles. The number of hydrogen-bond acceptors (Lipinski definition) is 4. The van der Waals surface area contributed by atoms with Crippen LogP contribution in [0.4, 0.5) is 3.89 Å². The fraction of sp³-hybridized carbons (Fsp3) is 0.615. The highest BCUT2D eigenvalue weighted by atomic mass is 32.3. The quantitative estimate of drug-likeness (QED) is 0.751. The molecule has 1 aromatic heterocycles. The first kappa shape index (κ1) is 15.0. The lowest BCUT2D eigenvalue weighted by Crippen LogP contribution is -2.35. The fourth-order valence-electron chi connectivity index (χ4n) is 2.59. The van der Waals surface area contributed by atoms with Crippen LogP contribution in [0.3, 0.4) is 0 Å². The van der Waals surface area contributed by atoms with Gasteiger partial charge in [0, 0.05) is 31.3 Å². The molecule has 0 aliphatic carbocycles. The Kier molecular flexibility index (Phi) is 4.47. The van der Waals surface area contributed by atoms with Crippen LogP contribution in [0.1, 0.15) is 25.5 Å². The minimum Gasteiger partial charge on any atom is -0.469 e. The molecule has 1 aliphatic rings. The number of carbonyl (C=O) groups excluding carboxylic acids is 1. The summed E-state index contributed by atoms with van der Waals surface area (Å²) in [5.74, 6) is -0.263. The Balaban J connectivity index is 1.87. The molecule has 1 amide bonds. The molecule has 0 bridgehead atoms. The van der Waals surface area contributed by atoms with Gasteiger partial charge in [-0.05, 0) is 25.5 Å². The van der Waals surface area contributed by atoms with E-state index in [1.54, 1.807) is 11.2 Å². The van der Waals surface area contributed by atoms with E-state index in [0.29, 0.717) is 13.0 Å². The maximum absolute atomic E-state index is 12.7. The van der Waals surface area contributed by atoms with Crippen LogP contribution in [0.25, 0.3) is 0 Å². The normalized spacial score (nSPS) is 21.4. The van der Waals surface area contributed by atoms with Crippen LogP contribution in [-0.4, -0.2) is 37.6 Å². The number of likely N-dealkylation sites (tertiary alicyclic amines) is 1. The van der Waals surface area contributed by atoms with Gasteiger partial charge in [-0.15, -0.1) is 3.89 Å². The number of halogens is 1. The zero-order valence-electron chi connectivity index (χ0n) is 11.3. The molecule has 1 aliphatic heterocycles. The number of amides is 1. The lowest BCUT2D eigenvalue weighted by molar-refractivity contribution is -0.129. The van der Waals surface area contributed by atoms with Gasteiger partial charge >= 0.3 is 10.2 Å². The van der Waals surface area contributed by atoms with Crippen molar-refractivity contribution in [1.29, 1.82) is 0 Å². The molecule has 7 heteroatoms. The zero-order chi connectivity index (χ0) is 14.8. The average molecular weight is 303 g/mol. The fourth-order valence-corrected chi connectivity index (χ4v) is 3.38. The summed E-state index contributed by atoms with van der Waals surface area (Å²) in [6.45, 7) is 2.22. The monoisotopic (exact) mass is 303 g/mol. The molecule has 2 rings (SSSR count). The second kappa shape index (κ2) is 5.95. The number of carbonyl (C=O) groups is 1. The molecule has 112 valence electrons. The van der Waals surface area contributed by atoms with E-state index in [-0.39, 0.29) is 18.4 Å². The Hall–Kier alpha value is -1.37. The van der Waals surface area contributed by atoms with Crippen molar-refractivity contribution in [2.45, 2.75) is 32.2 Å². The zero-order valence-corrected chi connectivity index (χ0v) is 12.1. The van der Waals surface area contributed by atoms with Gasteiger partial charge in [-0.25, -0.2) is 0 Å². The Labute approximate surface area is 118 Å². The van der Waals surface area contributed by atoms with Crippen LogP contribution < -0.4 is 0 Å². The van der Waals surface area contributed by atoms with Crippen molar-refractivity contribution in [3.05, 3.63) is 24.2 Å². The van der Waals surface area contributed by atoms with Crippen molar-refractivity contribution in [3.63, 3.8) is 0 Å². The average Bonchev–Trinajstić information content (AvgIpc) is 2.93. The summed E-state index contributed by atoms with van der Waals surface area (Å²) in [6.07, 6.45) is 3.15. The van der Waals surface area contributed by atoms with E-state index < -0.39 is 21.9 Å². The van der Waals surface area contributed by atoms with E-state index in [2.05, 4.69) is 0 Å². The van der Waals surface area contributed by atoms with Gasteiger partial charge in [-0.2, -0.15) is 8.42 Å². The highest BCUT2D eigenvalue weighted by Crippen LogP contribution is 2.24. The largest absolute Gasteiger partial charge is 0.469 e. The Bertz CT molecular complexity index is 555. The first-order valence-corrected chi connectivity index (χ1v) is 8.14. The molecule has 20 heavy (non-hydrogen) atoms. The number of furan rings is 1. The molecular weight excluding hydrogens is 285 g/mol. The molecule has 2 heterocycles. The second-order valence-corrected chi connectivity index (χ2v) is 6.70. The smallest absolute Gasteiger partial charge is 0.302 e. The lowest BCUT2D eigenvalue weighted by Gasteiger charge is -2.24. The lowest BCUT2D eigenvalue weighted by atomic mass is 10.1. The van der Waals surface area contributed by atoms with Gasteiger partial charge in [-0.1, -0.05) is 0 Å². The Morgan fingerprint density at radius 1 is 1.55 bits per heavy atom. The highest BCUT2D eigenvalue weighted by molar-refractivity contribution is 7.86. The van der Waals surface area contributed by atoms with Crippen LogP contribution in [0.5, 0.6) is 0 Å². The molecular formula is C13H18FNO4S. The van der Waals surface area contributed by atoms with Crippen molar-refractivity contribution in [1.82, 2.24) is 4.90 Å². The van der Waals surface area contributed by atoms with Crippen LogP contribution >= 0.6 is 0 Å². The first-order valence-electron chi connectivity index (χ1n) is 6.59. The van der Waals surface area contributed by atoms with Crippen LogP contribution in [0.15, 0.2) is 22.8 Å². The summed E-state index contributed by atoms with van der Waals surface area (Å²) in [7, 11) is -4.52. The Morgan fingerprint density at radius 2 is 2.30 bits per heavy atom. The van der Waals surface area contributed by atoms with Gasteiger partial charge < -0.3 is 9.32 Å². The van der Waals surface area contributed by atoms with E-state index in [1.165, 1.54) is 0 Å². The predicted octanol–water partition coefficient (Wildman–Crippen LogP) is 1.75. The number of aryl methyl sites for hydroxylation is 1. The van der Waals surface area contributed by atoms with Crippen LogP contribution in [-0.2, 0) is 21.4 Å². The molecule has 0 N–H and O–H groups in total. The number of rotatable bonds is 6. The van der Waals surface area contributed by atoms with Gasteiger partial charge in [-0.3, -0.25) is 4.79 Å². The van der Waals surface area contributed by atoms with E-state index in [1.807, 2.05) is 19.1 Å². The summed E-state index contributed by atoms with van der Waals surface area (Å²) in [5, 5.41) is 0. The van der Waals surface area contributed by atoms with E-state index in [9.17, 15) is 17.1 Å². The Morgan fingerprint density at radius 3 is 2.90 bits per heavy atom. The molecule has 2 unspecified atom stereocenters. The number of nitrogens with zero attached hydrogens (tertiary/aromatic N) is 1. The van der Waals surface area contributed by atoms with E-state index in [4.69, 9.17) is 4.42 Å². The van der Waals surface area contributed by atoms with Gasteiger partial charge in [0.05, 0.1) is 12.0 Å². The third-order valence-electron chi connectivity index (χ3n) is 3.59. The van der Waals surface area contributed by atoms with E-state index >= 15 is 0 Å². The minimum atomic E-state index is -4.52. The predicted molar refractivity (Wildman–Crippen MR) is 71.2 cm³/mol. The summed E-state index contributed by atoms with van der Waals surface area (Å²) < 4.78 is 39.2. The maximum Gasteiger partial charge on any atom is 0.302 e. The van der Waals surface area contributed by atoms with Crippen LogP contribution in [0, 0.1) is 5.92 Å². The van der Waals surface area contributed by atoms with Crippen molar-refractivity contribution in [2.24, 2.45) is 5.92 Å². The molecule has 0 aromatic carbocycles. The van der Waals surface area contributed by atoms with E-state index in [0.717, 1.165) is 12.2 Å². The van der Waals surface area contributed by atoms with Crippen molar-refractivity contribution in [3.8, 4) is 0 Å². The van der Waals surface area contributed by atoms with Crippen molar-refractivity contribution in [2.75, 3.05) is 12.3 Å². The highest BCUT2D eigenvalue weighted by Gasteiger charge is 2.34. The van der Waals surface area contributed by atoms with Gasteiger partial charge in [0.25, 0.3) is 0 Å². The molecule has 0 radical (unpaired) electrons. The summed E-state index contributed by atoms with van der Waals surface area (Å²) in [5.41, 5.74) is 0. The first-order chi connectivity index (χ1) is 9.35. The summed E-state index contributed by atoms with van der Waals surface area (Å²) in [4.78, 5) is 13.5. The standard InChI is InChI=1S/C13H18FNO4S/c1-10(4-5-12-3-2-6-19-12)15-8-11(7-13(15)16)9-20(14,17)18/h2-3,6,10-11H,4-5,7-9H2,1H3. The number of hydrogen-bond donors (Lipinski definition) is 0. The molecule has 0 saturated carbocycles. The minimum absolute atomic E-state index is 0.0140. The molecule has 5 nitrogen and oxygen atoms in total. The molecule has 1 aromatic rings. The van der Waals surface area contributed by atoms with Gasteiger partial charge in [0.1, 0.15) is 5.76 Å². The third kappa shape index (κ3) is 4.06. The topological polar surface area (TPSA) is 67.6 Å². The second-order valence-electron chi connectivity index (χ2n) is 5.29.